The van der Waals surface area contributed by atoms with Crippen LogP contribution < -0.4 is 15.3 Å². The highest BCUT2D eigenvalue weighted by molar-refractivity contribution is 5.93. The van der Waals surface area contributed by atoms with Crippen LogP contribution in [0.5, 0.6) is 11.5 Å². The van der Waals surface area contributed by atoms with E-state index in [4.69, 9.17) is 9.15 Å². The Kier molecular flexibility index (Phi) is 2.98. The van der Waals surface area contributed by atoms with Crippen LogP contribution >= 0.6 is 0 Å². The average Bonchev–Trinajstić information content (AvgIpc) is 2.45. The van der Waals surface area contributed by atoms with Crippen molar-refractivity contribution in [2.75, 3.05) is 6.61 Å². The van der Waals surface area contributed by atoms with Crippen LogP contribution in [-0.2, 0) is 4.79 Å². The van der Waals surface area contributed by atoms with Crippen molar-refractivity contribution in [3.8, 4) is 11.5 Å². The fraction of sp³-hybridized carbons (Fsp3) is 0.0667. The predicted molar refractivity (Wildman–Crippen MR) is 72.2 cm³/mol. The van der Waals surface area contributed by atoms with E-state index in [0.717, 1.165) is 6.07 Å². The third-order valence-electron chi connectivity index (χ3n) is 2.99. The monoisotopic (exact) mass is 285 g/mol. The van der Waals surface area contributed by atoms with Crippen molar-refractivity contribution in [1.82, 2.24) is 0 Å². The number of hydrogen-bond donors (Lipinski definition) is 1. The fourth-order valence-corrected chi connectivity index (χ4v) is 2.11. The van der Waals surface area contributed by atoms with Crippen LogP contribution in [0.15, 0.2) is 45.6 Å². The van der Waals surface area contributed by atoms with E-state index in [1.807, 2.05) is 0 Å². The quantitative estimate of drug-likeness (QED) is 0.714. The van der Waals surface area contributed by atoms with Crippen LogP contribution in [0.3, 0.4) is 0 Å². The average molecular weight is 285 g/mol. The number of carbonyl (C=O) groups excluding carboxylic acids is 1. The molecule has 0 amide bonds. The van der Waals surface area contributed by atoms with Crippen LogP contribution in [0.1, 0.15) is 0 Å². The van der Waals surface area contributed by atoms with Crippen LogP contribution in [0.4, 0.5) is 0 Å². The van der Waals surface area contributed by atoms with E-state index < -0.39 is 12.6 Å². The smallest absolute Gasteiger partial charge is 0.204 e. The molecule has 0 unspecified atom stereocenters. The first-order chi connectivity index (χ1) is 10.1. The van der Waals surface area contributed by atoms with Gasteiger partial charge in [0.15, 0.2) is 0 Å². The van der Waals surface area contributed by atoms with Gasteiger partial charge < -0.3 is 24.2 Å². The van der Waals surface area contributed by atoms with Gasteiger partial charge in [-0.05, 0) is 12.1 Å². The Hall–Kier alpha value is -3.02. The highest BCUT2D eigenvalue weighted by Crippen LogP contribution is 2.30. The Bertz CT molecular complexity index is 909. The van der Waals surface area contributed by atoms with Gasteiger partial charge in [-0.15, -0.1) is 0 Å². The highest BCUT2D eigenvalue weighted by atomic mass is 16.5. The third kappa shape index (κ3) is 2.27. The zero-order chi connectivity index (χ0) is 15.0. The van der Waals surface area contributed by atoms with Gasteiger partial charge in [0.1, 0.15) is 34.7 Å². The maximum absolute atomic E-state index is 12.3. The molecule has 6 nitrogen and oxygen atoms in total. The molecule has 0 bridgehead atoms. The summed E-state index contributed by atoms with van der Waals surface area (Å²) in [7, 11) is 0. The molecule has 0 saturated carbocycles. The Labute approximate surface area is 117 Å². The molecule has 106 valence electrons. The number of aromatic hydroxyl groups is 1. The summed E-state index contributed by atoms with van der Waals surface area (Å²) in [5, 5.41) is 20.7. The number of phenolic OH excluding ortho intramolecular Hbond substituents is 1. The van der Waals surface area contributed by atoms with Crippen molar-refractivity contribution in [2.45, 2.75) is 0 Å². The second kappa shape index (κ2) is 4.82. The molecule has 0 radical (unpaired) electrons. The summed E-state index contributed by atoms with van der Waals surface area (Å²) in [6.07, 6.45) is 0. The molecule has 0 aliphatic carbocycles. The lowest BCUT2D eigenvalue weighted by Crippen LogP contribution is -2.28. The minimum Gasteiger partial charge on any atom is -0.546 e. The lowest BCUT2D eigenvalue weighted by molar-refractivity contribution is -0.307. The van der Waals surface area contributed by atoms with Gasteiger partial charge in [-0.3, -0.25) is 4.79 Å². The first kappa shape index (κ1) is 13.0. The van der Waals surface area contributed by atoms with E-state index >= 15 is 0 Å². The van der Waals surface area contributed by atoms with Crippen molar-refractivity contribution in [3.63, 3.8) is 0 Å². The normalized spacial score (nSPS) is 10.9. The number of fused-ring (bicyclic) bond motifs is 2. The number of carboxylic acids is 1. The Morgan fingerprint density at radius 3 is 2.76 bits per heavy atom. The zero-order valence-corrected chi connectivity index (χ0v) is 10.7. The summed E-state index contributed by atoms with van der Waals surface area (Å²) in [5.74, 6) is -1.66. The maximum Gasteiger partial charge on any atom is 0.204 e. The van der Waals surface area contributed by atoms with E-state index in [0.29, 0.717) is 11.0 Å². The second-order valence-corrected chi connectivity index (χ2v) is 4.40. The van der Waals surface area contributed by atoms with Crippen LogP contribution in [0, 0.1) is 0 Å². The first-order valence-corrected chi connectivity index (χ1v) is 6.07. The van der Waals surface area contributed by atoms with Crippen LogP contribution in [0.2, 0.25) is 0 Å². The van der Waals surface area contributed by atoms with Crippen molar-refractivity contribution < 1.29 is 24.2 Å². The van der Waals surface area contributed by atoms with Crippen LogP contribution in [0.25, 0.3) is 21.9 Å². The van der Waals surface area contributed by atoms with Gasteiger partial charge in [0.05, 0.1) is 11.4 Å². The van der Waals surface area contributed by atoms with Crippen molar-refractivity contribution in [2.24, 2.45) is 0 Å². The van der Waals surface area contributed by atoms with Gasteiger partial charge in [0, 0.05) is 12.1 Å². The van der Waals surface area contributed by atoms with Crippen molar-refractivity contribution in [3.05, 3.63) is 46.6 Å². The lowest BCUT2D eigenvalue weighted by Gasteiger charge is -2.09. The molecule has 0 saturated heterocycles. The molecule has 6 heteroatoms. The number of aliphatic carboxylic acids is 1. The molecule has 0 aliphatic heterocycles. The van der Waals surface area contributed by atoms with E-state index in [9.17, 15) is 19.8 Å². The van der Waals surface area contributed by atoms with Crippen molar-refractivity contribution in [1.29, 1.82) is 0 Å². The molecule has 0 aliphatic rings. The Morgan fingerprint density at radius 1 is 1.24 bits per heavy atom. The molecule has 1 N–H and O–H groups in total. The third-order valence-corrected chi connectivity index (χ3v) is 2.99. The minimum absolute atomic E-state index is 0.0227. The maximum atomic E-state index is 12.3. The second-order valence-electron chi connectivity index (χ2n) is 4.40. The van der Waals surface area contributed by atoms with E-state index in [1.54, 1.807) is 24.3 Å². The number of para-hydroxylation sites is 1. The van der Waals surface area contributed by atoms with Gasteiger partial charge in [-0.2, -0.15) is 0 Å². The Balaban J connectivity index is 2.25. The molecule has 1 aromatic heterocycles. The fourth-order valence-electron chi connectivity index (χ4n) is 2.11. The molecule has 1 heterocycles. The van der Waals surface area contributed by atoms with Gasteiger partial charge in [0.2, 0.25) is 5.43 Å². The largest absolute Gasteiger partial charge is 0.546 e. The summed E-state index contributed by atoms with van der Waals surface area (Å²) in [6.45, 7) is -0.664. The predicted octanol–water partition coefficient (Wildman–Crippen LogP) is 0.780. The van der Waals surface area contributed by atoms with E-state index in [2.05, 4.69) is 0 Å². The van der Waals surface area contributed by atoms with Gasteiger partial charge in [-0.1, -0.05) is 12.1 Å². The van der Waals surface area contributed by atoms with Gasteiger partial charge in [0.25, 0.3) is 0 Å². The summed E-state index contributed by atoms with van der Waals surface area (Å²) >= 11 is 0. The summed E-state index contributed by atoms with van der Waals surface area (Å²) < 4.78 is 10.5. The highest BCUT2D eigenvalue weighted by Gasteiger charge is 2.13. The molecule has 3 aromatic rings. The molecule has 21 heavy (non-hydrogen) atoms. The molecular formula is C15H9O6-. The Morgan fingerprint density at radius 2 is 2.00 bits per heavy atom. The van der Waals surface area contributed by atoms with Crippen molar-refractivity contribution >= 4 is 27.9 Å². The summed E-state index contributed by atoms with van der Waals surface area (Å²) in [5.41, 5.74) is 0.120. The number of rotatable bonds is 3. The number of hydrogen-bond acceptors (Lipinski definition) is 6. The zero-order valence-electron chi connectivity index (χ0n) is 10.7. The SMILES string of the molecule is O=C([O-])COc1cc(O)c2c(=O)c3ccccc3oc2c1. The molecular weight excluding hydrogens is 276 g/mol. The van der Waals surface area contributed by atoms with Crippen LogP contribution in [-0.4, -0.2) is 17.7 Å². The molecule has 3 rings (SSSR count). The number of ether oxygens (including phenoxy) is 1. The minimum atomic E-state index is -1.39. The number of benzene rings is 2. The molecule has 2 aromatic carbocycles. The van der Waals surface area contributed by atoms with E-state index in [1.165, 1.54) is 6.07 Å². The molecule has 0 atom stereocenters. The topological polar surface area (TPSA) is 99.8 Å². The lowest BCUT2D eigenvalue weighted by atomic mass is 10.1. The molecule has 0 spiro atoms. The number of carboxylic acid groups (broad SMARTS) is 1. The standard InChI is InChI=1S/C15H10O6/c16-10-5-8(20-7-13(17)18)6-12-14(10)15(19)9-3-1-2-4-11(9)21-12/h1-6,16H,7H2,(H,17,18)/p-1. The summed E-state index contributed by atoms with van der Waals surface area (Å²) in [4.78, 5) is 22.7. The summed E-state index contributed by atoms with van der Waals surface area (Å²) in [6, 6.07) is 9.15. The van der Waals surface area contributed by atoms with E-state index in [-0.39, 0.29) is 27.9 Å². The molecule has 0 fully saturated rings. The van der Waals surface area contributed by atoms with Gasteiger partial charge >= 0.3 is 0 Å². The number of phenols is 1. The van der Waals surface area contributed by atoms with Gasteiger partial charge in [-0.25, -0.2) is 0 Å². The first-order valence-electron chi connectivity index (χ1n) is 6.07. The number of carbonyl (C=O) groups is 1.